The highest BCUT2D eigenvalue weighted by atomic mass is 19.4. The third kappa shape index (κ3) is 4.15. The number of aromatic nitrogens is 1. The highest BCUT2D eigenvalue weighted by Gasteiger charge is 2.31. The molecular weight excluding hydrogens is 377 g/mol. The first kappa shape index (κ1) is 19.4. The molecule has 1 aromatic carbocycles. The molecule has 0 saturated heterocycles. The van der Waals surface area contributed by atoms with Gasteiger partial charge in [0.1, 0.15) is 18.4 Å². The van der Waals surface area contributed by atoms with Crippen molar-refractivity contribution in [2.45, 2.75) is 18.8 Å². The molecule has 0 fully saturated rings. The van der Waals surface area contributed by atoms with Crippen LogP contribution in [0.1, 0.15) is 28.8 Å². The van der Waals surface area contributed by atoms with Gasteiger partial charge in [-0.2, -0.15) is 13.2 Å². The number of hydrogen-bond acceptors (Lipinski definition) is 6. The van der Waals surface area contributed by atoms with Gasteiger partial charge in [0.25, 0.3) is 0 Å². The second-order valence-corrected chi connectivity index (χ2v) is 5.86. The molecule has 0 aliphatic rings. The number of nitrogens with one attached hydrogen (secondary N) is 1. The quantitative estimate of drug-likeness (QED) is 0.616. The molecule has 1 atom stereocenters. The fourth-order valence-corrected chi connectivity index (χ4v) is 2.60. The molecule has 0 aliphatic carbocycles. The number of rotatable bonds is 5. The van der Waals surface area contributed by atoms with Crippen molar-refractivity contribution in [1.29, 1.82) is 0 Å². The van der Waals surface area contributed by atoms with E-state index < -0.39 is 35.6 Å². The van der Waals surface area contributed by atoms with E-state index in [1.54, 1.807) is 18.2 Å². The number of pyridine rings is 1. The van der Waals surface area contributed by atoms with Crippen LogP contribution in [0.4, 0.5) is 18.9 Å². The van der Waals surface area contributed by atoms with E-state index in [2.05, 4.69) is 10.3 Å². The SMILES string of the molecule is O=c1cc(CO)oc([C@@H](Nc2cccc(C(F)(F)F)c2)c2ccccn2)c1O. The summed E-state index contributed by atoms with van der Waals surface area (Å²) in [5.41, 5.74) is -1.31. The molecule has 0 radical (unpaired) electrons. The van der Waals surface area contributed by atoms with Crippen LogP contribution in [0.15, 0.2) is 63.9 Å². The van der Waals surface area contributed by atoms with E-state index in [1.165, 1.54) is 18.3 Å². The summed E-state index contributed by atoms with van der Waals surface area (Å²) in [5, 5.41) is 22.3. The minimum atomic E-state index is -4.54. The Kier molecular flexibility index (Phi) is 5.36. The molecule has 146 valence electrons. The highest BCUT2D eigenvalue weighted by molar-refractivity contribution is 5.51. The molecule has 0 amide bonds. The number of aliphatic hydroxyl groups is 1. The highest BCUT2D eigenvalue weighted by Crippen LogP contribution is 2.34. The lowest BCUT2D eigenvalue weighted by molar-refractivity contribution is -0.137. The summed E-state index contributed by atoms with van der Waals surface area (Å²) in [6, 6.07) is 9.10. The average molecular weight is 392 g/mol. The maximum absolute atomic E-state index is 13.0. The number of hydrogen-bond donors (Lipinski definition) is 3. The van der Waals surface area contributed by atoms with Crippen LogP contribution < -0.4 is 10.7 Å². The van der Waals surface area contributed by atoms with Gasteiger partial charge in [-0.25, -0.2) is 0 Å². The fraction of sp³-hybridized carbons (Fsp3) is 0.158. The van der Waals surface area contributed by atoms with E-state index in [4.69, 9.17) is 4.42 Å². The predicted molar refractivity (Wildman–Crippen MR) is 93.7 cm³/mol. The Balaban J connectivity index is 2.10. The topological polar surface area (TPSA) is 95.6 Å². The van der Waals surface area contributed by atoms with Crippen LogP contribution in [0.2, 0.25) is 0 Å². The van der Waals surface area contributed by atoms with E-state index in [9.17, 15) is 28.2 Å². The number of halogens is 3. The first-order valence-electron chi connectivity index (χ1n) is 8.11. The number of anilines is 1. The third-order valence-electron chi connectivity index (χ3n) is 3.90. The molecule has 0 saturated carbocycles. The first-order chi connectivity index (χ1) is 13.3. The van der Waals surface area contributed by atoms with Crippen LogP contribution in [0, 0.1) is 0 Å². The van der Waals surface area contributed by atoms with Crippen LogP contribution in [-0.4, -0.2) is 15.2 Å². The van der Waals surface area contributed by atoms with Crippen molar-refractivity contribution < 1.29 is 27.8 Å². The van der Waals surface area contributed by atoms with Gasteiger partial charge in [0, 0.05) is 18.0 Å². The lowest BCUT2D eigenvalue weighted by Gasteiger charge is -2.20. The van der Waals surface area contributed by atoms with Gasteiger partial charge in [-0.3, -0.25) is 9.78 Å². The zero-order valence-corrected chi connectivity index (χ0v) is 14.3. The second-order valence-electron chi connectivity index (χ2n) is 5.86. The van der Waals surface area contributed by atoms with Crippen LogP contribution >= 0.6 is 0 Å². The number of aromatic hydroxyl groups is 1. The van der Waals surface area contributed by atoms with Gasteiger partial charge in [0.05, 0.1) is 11.3 Å². The molecule has 28 heavy (non-hydrogen) atoms. The summed E-state index contributed by atoms with van der Waals surface area (Å²) >= 11 is 0. The van der Waals surface area contributed by atoms with Crippen LogP contribution in [0.25, 0.3) is 0 Å². The van der Waals surface area contributed by atoms with Crippen molar-refractivity contribution in [3.05, 3.63) is 87.7 Å². The normalized spacial score (nSPS) is 12.6. The molecule has 0 aliphatic heterocycles. The number of benzene rings is 1. The van der Waals surface area contributed by atoms with Gasteiger partial charge in [0.15, 0.2) is 5.76 Å². The van der Waals surface area contributed by atoms with E-state index >= 15 is 0 Å². The molecule has 2 aromatic heterocycles. The summed E-state index contributed by atoms with van der Waals surface area (Å²) in [5.74, 6) is -1.11. The fourth-order valence-electron chi connectivity index (χ4n) is 2.60. The van der Waals surface area contributed by atoms with Gasteiger partial charge in [-0.05, 0) is 30.3 Å². The van der Waals surface area contributed by atoms with Crippen molar-refractivity contribution in [3.63, 3.8) is 0 Å². The smallest absolute Gasteiger partial charge is 0.416 e. The lowest BCUT2D eigenvalue weighted by Crippen LogP contribution is -2.17. The minimum absolute atomic E-state index is 0.0712. The van der Waals surface area contributed by atoms with E-state index in [-0.39, 0.29) is 22.9 Å². The van der Waals surface area contributed by atoms with Crippen molar-refractivity contribution in [1.82, 2.24) is 4.98 Å². The first-order valence-corrected chi connectivity index (χ1v) is 8.11. The van der Waals surface area contributed by atoms with Gasteiger partial charge in [-0.15, -0.1) is 0 Å². The second kappa shape index (κ2) is 7.73. The van der Waals surface area contributed by atoms with Crippen LogP contribution in [-0.2, 0) is 12.8 Å². The molecule has 0 spiro atoms. The summed E-state index contributed by atoms with van der Waals surface area (Å²) in [4.78, 5) is 16.1. The largest absolute Gasteiger partial charge is 0.502 e. The monoisotopic (exact) mass is 392 g/mol. The zero-order valence-electron chi connectivity index (χ0n) is 14.3. The van der Waals surface area contributed by atoms with E-state index in [0.29, 0.717) is 0 Å². The molecule has 0 unspecified atom stereocenters. The summed E-state index contributed by atoms with van der Waals surface area (Å²) in [7, 11) is 0. The Morgan fingerprint density at radius 3 is 2.57 bits per heavy atom. The minimum Gasteiger partial charge on any atom is -0.502 e. The Labute approximate surface area is 156 Å². The molecule has 3 rings (SSSR count). The Morgan fingerprint density at radius 1 is 1.14 bits per heavy atom. The maximum Gasteiger partial charge on any atom is 0.416 e. The van der Waals surface area contributed by atoms with Gasteiger partial charge < -0.3 is 19.9 Å². The maximum atomic E-state index is 13.0. The van der Waals surface area contributed by atoms with Crippen LogP contribution in [0.3, 0.4) is 0 Å². The number of aliphatic hydroxyl groups excluding tert-OH is 1. The molecule has 6 nitrogen and oxygen atoms in total. The molecule has 9 heteroatoms. The Morgan fingerprint density at radius 2 is 1.93 bits per heavy atom. The number of nitrogens with zero attached hydrogens (tertiary/aromatic N) is 1. The molecule has 2 heterocycles. The van der Waals surface area contributed by atoms with Crippen molar-refractivity contribution in [2.75, 3.05) is 5.32 Å². The Bertz CT molecular complexity index is 1020. The Hall–Kier alpha value is -3.33. The molecule has 0 bridgehead atoms. The van der Waals surface area contributed by atoms with Gasteiger partial charge >= 0.3 is 6.18 Å². The summed E-state index contributed by atoms with van der Waals surface area (Å²) in [6.07, 6.45) is -3.09. The van der Waals surface area contributed by atoms with Gasteiger partial charge in [0.2, 0.25) is 11.2 Å². The van der Waals surface area contributed by atoms with E-state index in [0.717, 1.165) is 18.2 Å². The third-order valence-corrected chi connectivity index (χ3v) is 3.90. The van der Waals surface area contributed by atoms with Crippen LogP contribution in [0.5, 0.6) is 5.75 Å². The van der Waals surface area contributed by atoms with Crippen molar-refractivity contribution in [3.8, 4) is 5.75 Å². The lowest BCUT2D eigenvalue weighted by atomic mass is 10.1. The predicted octanol–water partition coefficient (Wildman–Crippen LogP) is 3.45. The molecule has 3 aromatic rings. The van der Waals surface area contributed by atoms with Gasteiger partial charge in [-0.1, -0.05) is 12.1 Å². The van der Waals surface area contributed by atoms with E-state index in [1.807, 2.05) is 0 Å². The average Bonchev–Trinajstić information content (AvgIpc) is 2.68. The molecular formula is C19H15F3N2O4. The zero-order chi connectivity index (χ0) is 20.3. The summed E-state index contributed by atoms with van der Waals surface area (Å²) in [6.45, 7) is -0.596. The summed E-state index contributed by atoms with van der Waals surface area (Å²) < 4.78 is 44.4. The molecule has 3 N–H and O–H groups in total. The number of alkyl halides is 3. The van der Waals surface area contributed by atoms with Crippen molar-refractivity contribution >= 4 is 5.69 Å². The van der Waals surface area contributed by atoms with Crippen molar-refractivity contribution in [2.24, 2.45) is 0 Å². The standard InChI is InChI=1S/C19H15F3N2O4/c20-19(21,22)11-4-3-5-12(8-11)24-16(14-6-1-2-7-23-14)18-17(27)15(26)9-13(10-25)28-18/h1-9,16,24-25,27H,10H2/t16-/m0/s1.